The molecule has 7 heteroatoms. The Bertz CT molecular complexity index is 1130. The summed E-state index contributed by atoms with van der Waals surface area (Å²) >= 11 is 0. The van der Waals surface area contributed by atoms with Crippen LogP contribution in [0.2, 0.25) is 0 Å². The van der Waals surface area contributed by atoms with E-state index in [1.54, 1.807) is 55.7 Å². The normalized spacial score (nSPS) is 12.1. The fourth-order valence-corrected chi connectivity index (χ4v) is 2.92. The first-order chi connectivity index (χ1) is 13.5. The summed E-state index contributed by atoms with van der Waals surface area (Å²) < 4.78 is 34.4. The summed E-state index contributed by atoms with van der Waals surface area (Å²) in [5.41, 5.74) is 2.73. The molecule has 28 heavy (non-hydrogen) atoms. The first-order valence-corrected chi connectivity index (χ1v) is 8.65. The lowest BCUT2D eigenvalue weighted by molar-refractivity contribution is 0.282. The molecule has 0 bridgehead atoms. The molecular weight excluding hydrogens is 362 g/mol. The second-order valence-electron chi connectivity index (χ2n) is 6.37. The fraction of sp³-hybridized carbons (Fsp3) is 0.143. The molecule has 0 N–H and O–H groups in total. The van der Waals surface area contributed by atoms with E-state index >= 15 is 0 Å². The highest BCUT2D eigenvalue weighted by Crippen LogP contribution is 2.31. The predicted octanol–water partition coefficient (Wildman–Crippen LogP) is 5.01. The summed E-state index contributed by atoms with van der Waals surface area (Å²) in [7, 11) is 0. The second kappa shape index (κ2) is 7.26. The van der Waals surface area contributed by atoms with Crippen LogP contribution in [0.4, 0.5) is 8.78 Å². The molecule has 0 saturated heterocycles. The lowest BCUT2D eigenvalue weighted by Crippen LogP contribution is -1.99. The third-order valence-electron chi connectivity index (χ3n) is 4.43. The average molecular weight is 378 g/mol. The van der Waals surface area contributed by atoms with Gasteiger partial charge in [0.15, 0.2) is 5.82 Å². The molecule has 0 aliphatic carbocycles. The summed E-state index contributed by atoms with van der Waals surface area (Å²) in [5, 5.41) is 3.83. The number of pyridine rings is 2. The highest BCUT2D eigenvalue weighted by molar-refractivity contribution is 5.71. The number of aromatic nitrogens is 4. The van der Waals surface area contributed by atoms with E-state index in [1.165, 1.54) is 6.07 Å². The van der Waals surface area contributed by atoms with Crippen LogP contribution in [0.25, 0.3) is 22.6 Å². The van der Waals surface area contributed by atoms with E-state index in [4.69, 9.17) is 4.52 Å². The van der Waals surface area contributed by atoms with Crippen molar-refractivity contribution in [1.82, 2.24) is 20.1 Å². The third-order valence-corrected chi connectivity index (χ3v) is 4.43. The number of benzene rings is 1. The van der Waals surface area contributed by atoms with Gasteiger partial charge in [0.2, 0.25) is 12.0 Å². The van der Waals surface area contributed by atoms with Crippen LogP contribution in [-0.4, -0.2) is 20.1 Å². The molecule has 4 aromatic rings. The number of nitrogens with zero attached hydrogens (tertiary/aromatic N) is 4. The molecular formula is C21H16F2N4O. The topological polar surface area (TPSA) is 64.7 Å². The van der Waals surface area contributed by atoms with E-state index < -0.39 is 12.0 Å². The zero-order valence-electron chi connectivity index (χ0n) is 15.2. The molecule has 4 rings (SSSR count). The van der Waals surface area contributed by atoms with Crippen molar-refractivity contribution in [1.29, 1.82) is 0 Å². The summed E-state index contributed by atoms with van der Waals surface area (Å²) in [6.45, 7) is 3.42. The Morgan fingerprint density at radius 3 is 2.54 bits per heavy atom. The second-order valence-corrected chi connectivity index (χ2v) is 6.37. The zero-order chi connectivity index (χ0) is 19.7. The standard InChI is InChI=1S/C21H16F2N4O/c1-12-8-9-24-11-16(12)15-10-17(25-13(2)18(15)22)20-26-21(28-27-20)19(23)14-6-4-3-5-7-14/h3-11,19H,1-2H3. The summed E-state index contributed by atoms with van der Waals surface area (Å²) in [6.07, 6.45) is 1.68. The van der Waals surface area contributed by atoms with Gasteiger partial charge in [-0.1, -0.05) is 35.5 Å². The van der Waals surface area contributed by atoms with Crippen molar-refractivity contribution < 1.29 is 13.3 Å². The Morgan fingerprint density at radius 1 is 1.00 bits per heavy atom. The molecule has 140 valence electrons. The molecule has 0 fully saturated rings. The third kappa shape index (κ3) is 3.26. The van der Waals surface area contributed by atoms with Crippen molar-refractivity contribution in [3.63, 3.8) is 0 Å². The van der Waals surface area contributed by atoms with E-state index in [0.29, 0.717) is 22.4 Å². The summed E-state index contributed by atoms with van der Waals surface area (Å²) in [6, 6.07) is 11.8. The summed E-state index contributed by atoms with van der Waals surface area (Å²) in [5.74, 6) is -0.528. The van der Waals surface area contributed by atoms with Crippen molar-refractivity contribution in [3.05, 3.63) is 83.4 Å². The van der Waals surface area contributed by atoms with E-state index in [9.17, 15) is 8.78 Å². The van der Waals surface area contributed by atoms with Gasteiger partial charge in [0.05, 0.1) is 5.69 Å². The van der Waals surface area contributed by atoms with Gasteiger partial charge < -0.3 is 4.52 Å². The van der Waals surface area contributed by atoms with Gasteiger partial charge in [0, 0.05) is 23.5 Å². The highest BCUT2D eigenvalue weighted by Gasteiger charge is 2.22. The van der Waals surface area contributed by atoms with Crippen LogP contribution >= 0.6 is 0 Å². The molecule has 0 spiro atoms. The first kappa shape index (κ1) is 17.9. The number of hydrogen-bond donors (Lipinski definition) is 0. The number of rotatable bonds is 4. The molecule has 1 unspecified atom stereocenters. The Kier molecular flexibility index (Phi) is 4.65. The Balaban J connectivity index is 1.75. The van der Waals surface area contributed by atoms with E-state index in [1.807, 2.05) is 6.92 Å². The van der Waals surface area contributed by atoms with Gasteiger partial charge in [-0.2, -0.15) is 4.98 Å². The van der Waals surface area contributed by atoms with Crippen molar-refractivity contribution in [2.45, 2.75) is 20.0 Å². The number of hydrogen-bond acceptors (Lipinski definition) is 5. The van der Waals surface area contributed by atoms with Crippen molar-refractivity contribution in [3.8, 4) is 22.6 Å². The van der Waals surface area contributed by atoms with E-state index in [-0.39, 0.29) is 17.4 Å². The van der Waals surface area contributed by atoms with Crippen molar-refractivity contribution in [2.75, 3.05) is 0 Å². The zero-order valence-corrected chi connectivity index (χ0v) is 15.2. The Hall–Kier alpha value is -3.48. The molecule has 5 nitrogen and oxygen atoms in total. The van der Waals surface area contributed by atoms with Crippen LogP contribution in [0.15, 0.2) is 59.4 Å². The Labute approximate surface area is 160 Å². The number of alkyl halides is 1. The van der Waals surface area contributed by atoms with Gasteiger partial charge in [-0.3, -0.25) is 4.98 Å². The van der Waals surface area contributed by atoms with E-state index in [2.05, 4.69) is 20.1 Å². The number of halogens is 2. The van der Waals surface area contributed by atoms with Gasteiger partial charge in [-0.05, 0) is 37.1 Å². The van der Waals surface area contributed by atoms with Crippen LogP contribution in [-0.2, 0) is 0 Å². The van der Waals surface area contributed by atoms with Crippen LogP contribution in [0.5, 0.6) is 0 Å². The summed E-state index contributed by atoms with van der Waals surface area (Å²) in [4.78, 5) is 12.4. The smallest absolute Gasteiger partial charge is 0.266 e. The van der Waals surface area contributed by atoms with Crippen LogP contribution in [0.1, 0.15) is 28.9 Å². The highest BCUT2D eigenvalue weighted by atomic mass is 19.1. The monoisotopic (exact) mass is 378 g/mol. The lowest BCUT2D eigenvalue weighted by atomic mass is 10.0. The minimum absolute atomic E-state index is 0.0967. The molecule has 0 aliphatic heterocycles. The Morgan fingerprint density at radius 2 is 1.79 bits per heavy atom. The predicted molar refractivity (Wildman–Crippen MR) is 99.6 cm³/mol. The van der Waals surface area contributed by atoms with Crippen molar-refractivity contribution in [2.24, 2.45) is 0 Å². The van der Waals surface area contributed by atoms with Crippen LogP contribution < -0.4 is 0 Å². The molecule has 1 atom stereocenters. The van der Waals surface area contributed by atoms with Crippen molar-refractivity contribution >= 4 is 0 Å². The van der Waals surface area contributed by atoms with Gasteiger partial charge in [-0.25, -0.2) is 13.8 Å². The van der Waals surface area contributed by atoms with Crippen LogP contribution in [0, 0.1) is 19.7 Å². The fourth-order valence-electron chi connectivity index (χ4n) is 2.92. The first-order valence-electron chi connectivity index (χ1n) is 8.65. The number of aryl methyl sites for hydroxylation is 2. The van der Waals surface area contributed by atoms with Gasteiger partial charge in [0.1, 0.15) is 5.69 Å². The largest absolute Gasteiger partial charge is 0.335 e. The maximum absolute atomic E-state index is 14.7. The molecule has 1 aromatic carbocycles. The molecule has 0 amide bonds. The average Bonchev–Trinajstić information content (AvgIpc) is 3.21. The van der Waals surface area contributed by atoms with Gasteiger partial charge in [-0.15, -0.1) is 0 Å². The molecule has 0 saturated carbocycles. The maximum Gasteiger partial charge on any atom is 0.266 e. The quantitative estimate of drug-likeness (QED) is 0.499. The minimum atomic E-state index is -1.55. The molecule has 3 aromatic heterocycles. The van der Waals surface area contributed by atoms with Gasteiger partial charge in [0.25, 0.3) is 5.89 Å². The SMILES string of the molecule is Cc1ccncc1-c1cc(-c2noc(C(F)c3ccccc3)n2)nc(C)c1F. The maximum atomic E-state index is 14.7. The van der Waals surface area contributed by atoms with E-state index in [0.717, 1.165) is 5.56 Å². The molecule has 0 radical (unpaired) electrons. The van der Waals surface area contributed by atoms with Gasteiger partial charge >= 0.3 is 0 Å². The molecule has 3 heterocycles. The van der Waals surface area contributed by atoms with Crippen LogP contribution in [0.3, 0.4) is 0 Å². The lowest BCUT2D eigenvalue weighted by Gasteiger charge is -2.09. The molecule has 0 aliphatic rings. The minimum Gasteiger partial charge on any atom is -0.335 e.